The predicted octanol–water partition coefficient (Wildman–Crippen LogP) is 5.27. The molecule has 0 aromatic heterocycles. The van der Waals surface area contributed by atoms with Gasteiger partial charge in [0, 0.05) is 22.8 Å². The molecule has 2 N–H and O–H groups in total. The van der Waals surface area contributed by atoms with Crippen LogP contribution >= 0.6 is 23.4 Å². The monoisotopic (exact) mass is 476 g/mol. The number of carbonyl (C=O) groups excluding carboxylic acids is 1. The van der Waals surface area contributed by atoms with Crippen LogP contribution in [-0.4, -0.2) is 27.2 Å². The molecule has 3 rings (SSSR count). The lowest BCUT2D eigenvalue weighted by atomic mass is 10.3. The summed E-state index contributed by atoms with van der Waals surface area (Å²) in [6.45, 7) is 0. The normalized spacial score (nSPS) is 11.0. The van der Waals surface area contributed by atoms with E-state index in [1.54, 1.807) is 55.3 Å². The molecule has 9 heteroatoms. The Balaban J connectivity index is 1.57. The minimum atomic E-state index is -3.85. The van der Waals surface area contributed by atoms with Crippen LogP contribution in [0.3, 0.4) is 0 Å². The highest BCUT2D eigenvalue weighted by Gasteiger charge is 2.16. The molecule has 31 heavy (non-hydrogen) atoms. The van der Waals surface area contributed by atoms with Crippen molar-refractivity contribution in [2.75, 3.05) is 22.9 Å². The Bertz CT molecular complexity index is 1150. The maximum atomic E-state index is 12.7. The van der Waals surface area contributed by atoms with Gasteiger partial charge in [-0.15, -0.1) is 11.8 Å². The number of anilines is 2. The first-order valence-corrected chi connectivity index (χ1v) is 12.2. The molecular formula is C22H21ClN2O4S2. The molecule has 0 bridgehead atoms. The van der Waals surface area contributed by atoms with E-state index in [0.717, 1.165) is 10.6 Å². The fourth-order valence-corrected chi connectivity index (χ4v) is 4.86. The van der Waals surface area contributed by atoms with Crippen molar-refractivity contribution in [2.24, 2.45) is 0 Å². The molecule has 0 saturated heterocycles. The maximum Gasteiger partial charge on any atom is 0.262 e. The Morgan fingerprint density at radius 3 is 2.48 bits per heavy atom. The Hall–Kier alpha value is -2.68. The molecule has 0 aliphatic carbocycles. The van der Waals surface area contributed by atoms with Crippen molar-refractivity contribution in [3.8, 4) is 5.75 Å². The highest BCUT2D eigenvalue weighted by atomic mass is 35.5. The zero-order chi connectivity index (χ0) is 22.3. The lowest BCUT2D eigenvalue weighted by molar-refractivity contribution is -0.115. The quantitative estimate of drug-likeness (QED) is 0.411. The number of hydrogen-bond donors (Lipinski definition) is 2. The van der Waals surface area contributed by atoms with Crippen LogP contribution in [0.15, 0.2) is 82.6 Å². The summed E-state index contributed by atoms with van der Waals surface area (Å²) in [6, 6.07) is 20.2. The summed E-state index contributed by atoms with van der Waals surface area (Å²) in [6.07, 6.45) is 0.283. The Kier molecular flexibility index (Phi) is 7.84. The topological polar surface area (TPSA) is 84.5 Å². The minimum absolute atomic E-state index is 0.0258. The molecule has 0 heterocycles. The van der Waals surface area contributed by atoms with E-state index in [9.17, 15) is 13.2 Å². The highest BCUT2D eigenvalue weighted by Crippen LogP contribution is 2.25. The summed E-state index contributed by atoms with van der Waals surface area (Å²) in [4.78, 5) is 13.3. The van der Waals surface area contributed by atoms with Gasteiger partial charge in [-0.1, -0.05) is 29.8 Å². The van der Waals surface area contributed by atoms with Crippen LogP contribution in [0.1, 0.15) is 6.42 Å². The fourth-order valence-electron chi connectivity index (χ4n) is 2.65. The van der Waals surface area contributed by atoms with Gasteiger partial charge in [0.25, 0.3) is 10.0 Å². The minimum Gasteiger partial charge on any atom is -0.497 e. The number of hydrogen-bond acceptors (Lipinski definition) is 5. The van der Waals surface area contributed by atoms with Gasteiger partial charge < -0.3 is 10.1 Å². The van der Waals surface area contributed by atoms with Gasteiger partial charge >= 0.3 is 0 Å². The second kappa shape index (κ2) is 10.6. The lowest BCUT2D eigenvalue weighted by Gasteiger charge is -2.11. The Morgan fingerprint density at radius 1 is 1.03 bits per heavy atom. The van der Waals surface area contributed by atoms with E-state index in [0.29, 0.717) is 16.5 Å². The highest BCUT2D eigenvalue weighted by molar-refractivity contribution is 7.99. The third-order valence-electron chi connectivity index (χ3n) is 4.20. The maximum absolute atomic E-state index is 12.7. The van der Waals surface area contributed by atoms with Crippen LogP contribution in [0.5, 0.6) is 5.75 Å². The molecule has 0 atom stereocenters. The number of methoxy groups -OCH3 is 1. The number of ether oxygens (including phenoxy) is 1. The van der Waals surface area contributed by atoms with E-state index in [-0.39, 0.29) is 22.9 Å². The van der Waals surface area contributed by atoms with Crippen molar-refractivity contribution in [1.29, 1.82) is 0 Å². The van der Waals surface area contributed by atoms with Crippen molar-refractivity contribution in [3.05, 3.63) is 77.8 Å². The molecule has 3 aromatic carbocycles. The molecule has 1 amide bonds. The van der Waals surface area contributed by atoms with Crippen molar-refractivity contribution in [2.45, 2.75) is 16.2 Å². The smallest absolute Gasteiger partial charge is 0.262 e. The fraction of sp³-hybridized carbons (Fsp3) is 0.136. The van der Waals surface area contributed by atoms with Crippen LogP contribution in [0.4, 0.5) is 11.4 Å². The number of amides is 1. The summed E-state index contributed by atoms with van der Waals surface area (Å²) < 4.78 is 32.9. The first kappa shape index (κ1) is 23.0. The predicted molar refractivity (Wildman–Crippen MR) is 126 cm³/mol. The zero-order valence-corrected chi connectivity index (χ0v) is 19.1. The summed E-state index contributed by atoms with van der Waals surface area (Å²) in [5, 5.41) is 3.04. The van der Waals surface area contributed by atoms with Crippen molar-refractivity contribution in [1.82, 2.24) is 0 Å². The Labute approximate surface area is 191 Å². The van der Waals surface area contributed by atoms with Crippen molar-refractivity contribution in [3.63, 3.8) is 0 Å². The number of rotatable bonds is 9. The first-order valence-electron chi connectivity index (χ1n) is 9.31. The molecule has 0 aliphatic heterocycles. The van der Waals surface area contributed by atoms with E-state index in [2.05, 4.69) is 10.0 Å². The molecule has 0 spiro atoms. The standard InChI is InChI=1S/C22H21ClN2O4S2/c1-29-17-9-11-18(12-10-17)30-14-13-22(26)24-16-5-4-6-19(15-16)31(27,28)25-21-8-3-2-7-20(21)23/h2-12,15,25H,13-14H2,1H3,(H,24,26). The van der Waals surface area contributed by atoms with Gasteiger partial charge in [-0.25, -0.2) is 8.42 Å². The number of benzene rings is 3. The molecule has 0 fully saturated rings. The van der Waals surface area contributed by atoms with Crippen LogP contribution in [0, 0.1) is 0 Å². The molecule has 0 radical (unpaired) electrons. The van der Waals surface area contributed by atoms with Crippen LogP contribution in [-0.2, 0) is 14.8 Å². The SMILES string of the molecule is COc1ccc(SCCC(=O)Nc2cccc(S(=O)(=O)Nc3ccccc3Cl)c2)cc1. The van der Waals surface area contributed by atoms with Crippen LogP contribution < -0.4 is 14.8 Å². The van der Waals surface area contributed by atoms with Gasteiger partial charge in [0.2, 0.25) is 5.91 Å². The molecular weight excluding hydrogens is 456 g/mol. The largest absolute Gasteiger partial charge is 0.497 e. The number of nitrogens with one attached hydrogen (secondary N) is 2. The van der Waals surface area contributed by atoms with Crippen molar-refractivity contribution >= 4 is 50.7 Å². The number of para-hydroxylation sites is 1. The second-order valence-electron chi connectivity index (χ2n) is 6.44. The Morgan fingerprint density at radius 2 is 1.77 bits per heavy atom. The van der Waals surface area contributed by atoms with E-state index in [1.807, 2.05) is 24.3 Å². The van der Waals surface area contributed by atoms with Gasteiger partial charge in [-0.05, 0) is 54.6 Å². The molecule has 0 aliphatic rings. The van der Waals surface area contributed by atoms with Gasteiger partial charge in [0.1, 0.15) is 5.75 Å². The first-order chi connectivity index (χ1) is 14.9. The van der Waals surface area contributed by atoms with E-state index >= 15 is 0 Å². The van der Waals surface area contributed by atoms with E-state index < -0.39 is 10.0 Å². The van der Waals surface area contributed by atoms with Gasteiger partial charge in [-0.3, -0.25) is 9.52 Å². The summed E-state index contributed by atoms with van der Waals surface area (Å²) >= 11 is 7.59. The number of sulfonamides is 1. The molecule has 6 nitrogen and oxygen atoms in total. The van der Waals surface area contributed by atoms with Gasteiger partial charge in [0.05, 0.1) is 22.7 Å². The third kappa shape index (κ3) is 6.65. The number of carbonyl (C=O) groups is 1. The third-order valence-corrected chi connectivity index (χ3v) is 6.91. The number of halogens is 1. The molecule has 3 aromatic rings. The molecule has 0 saturated carbocycles. The summed E-state index contributed by atoms with van der Waals surface area (Å²) in [7, 11) is -2.24. The van der Waals surface area contributed by atoms with Crippen LogP contribution in [0.25, 0.3) is 0 Å². The summed E-state index contributed by atoms with van der Waals surface area (Å²) in [5.41, 5.74) is 0.690. The van der Waals surface area contributed by atoms with Gasteiger partial charge in [-0.2, -0.15) is 0 Å². The van der Waals surface area contributed by atoms with Crippen molar-refractivity contribution < 1.29 is 17.9 Å². The zero-order valence-electron chi connectivity index (χ0n) is 16.7. The van der Waals surface area contributed by atoms with E-state index in [4.69, 9.17) is 16.3 Å². The van der Waals surface area contributed by atoms with Gasteiger partial charge in [0.15, 0.2) is 0 Å². The average Bonchev–Trinajstić information content (AvgIpc) is 2.76. The summed E-state index contributed by atoms with van der Waals surface area (Å²) in [5.74, 6) is 1.17. The van der Waals surface area contributed by atoms with Crippen LogP contribution in [0.2, 0.25) is 5.02 Å². The lowest BCUT2D eigenvalue weighted by Crippen LogP contribution is -2.15. The second-order valence-corrected chi connectivity index (χ2v) is 9.69. The molecule has 0 unspecified atom stereocenters. The number of thioether (sulfide) groups is 1. The van der Waals surface area contributed by atoms with E-state index in [1.165, 1.54) is 12.1 Å². The molecule has 162 valence electrons. The average molecular weight is 477 g/mol.